The lowest BCUT2D eigenvalue weighted by molar-refractivity contribution is -0.117. The Kier molecular flexibility index (Phi) is 2.75. The van der Waals surface area contributed by atoms with Gasteiger partial charge in [0.25, 0.3) is 0 Å². The number of nitrogens with zero attached hydrogens (tertiary/aromatic N) is 1. The molecule has 1 aromatic rings. The van der Waals surface area contributed by atoms with Gasteiger partial charge in [0.15, 0.2) is 11.6 Å². The molecular weight excluding hydrogens is 234 g/mol. The quantitative estimate of drug-likeness (QED) is 0.582. The van der Waals surface area contributed by atoms with Crippen molar-refractivity contribution < 1.29 is 13.6 Å². The van der Waals surface area contributed by atoms with Crippen LogP contribution in [-0.2, 0) is 4.79 Å². The van der Waals surface area contributed by atoms with E-state index in [1.807, 2.05) is 0 Å². The lowest BCUT2D eigenvalue weighted by Gasteiger charge is -2.18. The molecule has 0 radical (unpaired) electrons. The first-order valence-corrected chi connectivity index (χ1v) is 5.24. The maximum atomic E-state index is 13.2. The Morgan fingerprint density at radius 3 is 2.69 bits per heavy atom. The second-order valence-corrected chi connectivity index (χ2v) is 4.39. The first kappa shape index (κ1) is 11.2. The van der Waals surface area contributed by atoms with E-state index in [-0.39, 0.29) is 29.0 Å². The molecule has 6 heteroatoms. The Morgan fingerprint density at radius 2 is 2.12 bits per heavy atom. The summed E-state index contributed by atoms with van der Waals surface area (Å²) in [5, 5.41) is -0.0972. The molecule has 1 aliphatic heterocycles. The first-order valence-electron chi connectivity index (χ1n) is 4.72. The molecular formula is C10H10F2N2OS. The van der Waals surface area contributed by atoms with Gasteiger partial charge in [0.1, 0.15) is 0 Å². The molecule has 2 N–H and O–H groups in total. The van der Waals surface area contributed by atoms with Crippen LogP contribution in [0.25, 0.3) is 0 Å². The standard InChI is InChI=1S/C10H10F2N2OS/c11-6-1-2-7(10(13)9(6)12)14-4-5(16)3-8(14)15/h1-2,5,16H,3-4,13H2. The molecule has 2 rings (SSSR count). The normalized spacial score (nSPS) is 20.6. The average molecular weight is 244 g/mol. The number of hydrogen-bond acceptors (Lipinski definition) is 3. The Balaban J connectivity index is 2.42. The van der Waals surface area contributed by atoms with Gasteiger partial charge in [-0.05, 0) is 12.1 Å². The van der Waals surface area contributed by atoms with Gasteiger partial charge in [0.05, 0.1) is 11.4 Å². The average Bonchev–Trinajstić information content (AvgIpc) is 2.55. The maximum absolute atomic E-state index is 13.2. The monoisotopic (exact) mass is 244 g/mol. The zero-order valence-electron chi connectivity index (χ0n) is 8.28. The fourth-order valence-electron chi connectivity index (χ4n) is 1.71. The topological polar surface area (TPSA) is 46.3 Å². The van der Waals surface area contributed by atoms with Gasteiger partial charge < -0.3 is 10.6 Å². The predicted octanol–water partition coefficient (Wildman–Crippen LogP) is 1.58. The summed E-state index contributed by atoms with van der Waals surface area (Å²) in [6.07, 6.45) is 0.279. The van der Waals surface area contributed by atoms with Gasteiger partial charge in [-0.15, -0.1) is 0 Å². The highest BCUT2D eigenvalue weighted by Gasteiger charge is 2.30. The number of carbonyl (C=O) groups is 1. The second-order valence-electron chi connectivity index (χ2n) is 3.66. The summed E-state index contributed by atoms with van der Waals surface area (Å²) in [6.45, 7) is 0.358. The molecule has 1 aromatic carbocycles. The van der Waals surface area contributed by atoms with Crippen molar-refractivity contribution in [3.8, 4) is 0 Å². The molecule has 1 saturated heterocycles. The molecule has 1 fully saturated rings. The van der Waals surface area contributed by atoms with E-state index in [1.54, 1.807) is 0 Å². The molecule has 1 amide bonds. The minimum atomic E-state index is -1.12. The van der Waals surface area contributed by atoms with Crippen molar-refractivity contribution in [2.24, 2.45) is 0 Å². The van der Waals surface area contributed by atoms with Crippen molar-refractivity contribution >= 4 is 29.9 Å². The zero-order chi connectivity index (χ0) is 11.9. The molecule has 3 nitrogen and oxygen atoms in total. The van der Waals surface area contributed by atoms with E-state index in [9.17, 15) is 13.6 Å². The Morgan fingerprint density at radius 1 is 1.44 bits per heavy atom. The minimum absolute atomic E-state index is 0.0972. The largest absolute Gasteiger partial charge is 0.395 e. The number of halogens is 2. The van der Waals surface area contributed by atoms with Gasteiger partial charge in [-0.3, -0.25) is 4.79 Å². The highest BCUT2D eigenvalue weighted by molar-refractivity contribution is 7.81. The van der Waals surface area contributed by atoms with E-state index in [0.29, 0.717) is 6.54 Å². The summed E-state index contributed by atoms with van der Waals surface area (Å²) in [4.78, 5) is 12.9. The van der Waals surface area contributed by atoms with Crippen LogP contribution in [0.4, 0.5) is 20.2 Å². The number of thiol groups is 1. The summed E-state index contributed by atoms with van der Waals surface area (Å²) >= 11 is 4.17. The third-order valence-electron chi connectivity index (χ3n) is 2.51. The lowest BCUT2D eigenvalue weighted by atomic mass is 10.2. The van der Waals surface area contributed by atoms with Crippen molar-refractivity contribution in [1.29, 1.82) is 0 Å². The summed E-state index contributed by atoms with van der Waals surface area (Å²) in [7, 11) is 0. The summed E-state index contributed by atoms with van der Waals surface area (Å²) in [5.74, 6) is -2.32. The van der Waals surface area contributed by atoms with E-state index >= 15 is 0 Å². The molecule has 1 atom stereocenters. The van der Waals surface area contributed by atoms with Crippen molar-refractivity contribution in [3.05, 3.63) is 23.8 Å². The summed E-state index contributed by atoms with van der Waals surface area (Å²) < 4.78 is 26.1. The SMILES string of the molecule is Nc1c(N2CC(S)CC2=O)ccc(F)c1F. The van der Waals surface area contributed by atoms with Crippen molar-refractivity contribution in [1.82, 2.24) is 0 Å². The summed E-state index contributed by atoms with van der Waals surface area (Å²) in [5.41, 5.74) is 5.31. The smallest absolute Gasteiger partial charge is 0.228 e. The number of nitrogen functional groups attached to an aromatic ring is 1. The lowest BCUT2D eigenvalue weighted by Crippen LogP contribution is -2.26. The molecule has 0 aliphatic carbocycles. The number of nitrogens with two attached hydrogens (primary N) is 1. The van der Waals surface area contributed by atoms with E-state index in [0.717, 1.165) is 6.07 Å². The van der Waals surface area contributed by atoms with E-state index in [2.05, 4.69) is 12.6 Å². The fraction of sp³-hybridized carbons (Fsp3) is 0.300. The zero-order valence-corrected chi connectivity index (χ0v) is 9.18. The molecule has 1 aliphatic rings. The van der Waals surface area contributed by atoms with E-state index < -0.39 is 11.6 Å². The van der Waals surface area contributed by atoms with Crippen molar-refractivity contribution in [3.63, 3.8) is 0 Å². The van der Waals surface area contributed by atoms with Gasteiger partial charge in [0, 0.05) is 18.2 Å². The molecule has 0 aromatic heterocycles. The molecule has 1 unspecified atom stereocenters. The first-order chi connectivity index (χ1) is 7.50. The highest BCUT2D eigenvalue weighted by atomic mass is 32.1. The van der Waals surface area contributed by atoms with Crippen LogP contribution in [0.15, 0.2) is 12.1 Å². The van der Waals surface area contributed by atoms with Crippen LogP contribution in [0.5, 0.6) is 0 Å². The number of amides is 1. The van der Waals surface area contributed by atoms with Gasteiger partial charge in [0.2, 0.25) is 5.91 Å². The molecule has 0 spiro atoms. The fourth-order valence-corrected chi connectivity index (χ4v) is 2.03. The van der Waals surface area contributed by atoms with Crippen LogP contribution in [-0.4, -0.2) is 17.7 Å². The number of carbonyl (C=O) groups excluding carboxylic acids is 1. The molecule has 0 bridgehead atoms. The maximum Gasteiger partial charge on any atom is 0.228 e. The van der Waals surface area contributed by atoms with Gasteiger partial charge in [-0.25, -0.2) is 8.78 Å². The van der Waals surface area contributed by atoms with Crippen LogP contribution in [0.3, 0.4) is 0 Å². The van der Waals surface area contributed by atoms with Crippen LogP contribution in [0, 0.1) is 11.6 Å². The van der Waals surface area contributed by atoms with Crippen LogP contribution in [0.2, 0.25) is 0 Å². The van der Waals surface area contributed by atoms with Crippen molar-refractivity contribution in [2.75, 3.05) is 17.2 Å². The molecule has 1 heterocycles. The number of anilines is 2. The summed E-state index contributed by atoms with van der Waals surface area (Å²) in [6, 6.07) is 2.26. The van der Waals surface area contributed by atoms with Gasteiger partial charge in [-0.2, -0.15) is 12.6 Å². The molecule has 0 saturated carbocycles. The molecule has 86 valence electrons. The molecule has 16 heavy (non-hydrogen) atoms. The van der Waals surface area contributed by atoms with E-state index in [4.69, 9.17) is 5.73 Å². The van der Waals surface area contributed by atoms with E-state index in [1.165, 1.54) is 11.0 Å². The number of rotatable bonds is 1. The van der Waals surface area contributed by atoms with Crippen LogP contribution < -0.4 is 10.6 Å². The second kappa shape index (κ2) is 3.93. The Labute approximate surface area is 96.6 Å². The number of hydrogen-bond donors (Lipinski definition) is 2. The van der Waals surface area contributed by atoms with Gasteiger partial charge >= 0.3 is 0 Å². The number of benzene rings is 1. The third kappa shape index (κ3) is 1.73. The van der Waals surface area contributed by atoms with Gasteiger partial charge in [-0.1, -0.05) is 0 Å². The van der Waals surface area contributed by atoms with Crippen LogP contribution >= 0.6 is 12.6 Å². The minimum Gasteiger partial charge on any atom is -0.395 e. The predicted molar refractivity (Wildman–Crippen MR) is 60.5 cm³/mol. The van der Waals surface area contributed by atoms with Crippen LogP contribution in [0.1, 0.15) is 6.42 Å². The highest BCUT2D eigenvalue weighted by Crippen LogP contribution is 2.31. The Bertz CT molecular complexity index is 453. The van der Waals surface area contributed by atoms with Crippen molar-refractivity contribution in [2.45, 2.75) is 11.7 Å². The Hall–Kier alpha value is -1.30. The third-order valence-corrected chi connectivity index (χ3v) is 2.85.